The molecule has 1 atom stereocenters. The van der Waals surface area contributed by atoms with E-state index in [1.54, 1.807) is 10.9 Å². The van der Waals surface area contributed by atoms with E-state index in [-0.39, 0.29) is 5.91 Å². The number of nitrogens with one attached hydrogen (secondary N) is 1. The van der Waals surface area contributed by atoms with Crippen LogP contribution >= 0.6 is 11.3 Å². The lowest BCUT2D eigenvalue weighted by Gasteiger charge is -2.03. The lowest BCUT2D eigenvalue weighted by atomic mass is 10.1. The molecule has 1 aliphatic heterocycles. The summed E-state index contributed by atoms with van der Waals surface area (Å²) in [6.07, 6.45) is 8.10. The average molecular weight is 333 g/mol. The molecule has 7 nitrogen and oxygen atoms in total. The minimum atomic E-state index is -0.253. The Kier molecular flexibility index (Phi) is 4.09. The third-order valence-electron chi connectivity index (χ3n) is 4.20. The Bertz CT molecular complexity index is 688. The number of hydrogen-bond donors (Lipinski definition) is 1. The molecule has 23 heavy (non-hydrogen) atoms. The Morgan fingerprint density at radius 2 is 2.30 bits per heavy atom. The Balaban J connectivity index is 1.34. The standard InChI is InChI=1S/C15H19N5O2S/c21-14(13-8-20(19-18-13)7-10-1-2-10)17-15-16-6-12(23-15)5-11-3-4-22-9-11/h6,8,10-11H,1-5,7,9H2,(H,16,17,21). The zero-order valence-electron chi connectivity index (χ0n) is 12.8. The fourth-order valence-electron chi connectivity index (χ4n) is 2.71. The summed E-state index contributed by atoms with van der Waals surface area (Å²) in [6, 6.07) is 0. The van der Waals surface area contributed by atoms with Crippen LogP contribution in [-0.4, -0.2) is 39.1 Å². The Morgan fingerprint density at radius 3 is 3.09 bits per heavy atom. The first kappa shape index (κ1) is 14.8. The van der Waals surface area contributed by atoms with Gasteiger partial charge in [0.15, 0.2) is 10.8 Å². The molecule has 0 spiro atoms. The van der Waals surface area contributed by atoms with Crippen molar-refractivity contribution in [3.63, 3.8) is 0 Å². The van der Waals surface area contributed by atoms with Gasteiger partial charge < -0.3 is 4.74 Å². The van der Waals surface area contributed by atoms with Crippen molar-refractivity contribution in [2.24, 2.45) is 11.8 Å². The van der Waals surface area contributed by atoms with Crippen molar-refractivity contribution in [1.82, 2.24) is 20.0 Å². The smallest absolute Gasteiger partial charge is 0.279 e. The van der Waals surface area contributed by atoms with Crippen LogP contribution in [0.25, 0.3) is 0 Å². The number of hydrogen-bond acceptors (Lipinski definition) is 6. The van der Waals surface area contributed by atoms with Crippen LogP contribution in [0.15, 0.2) is 12.4 Å². The third kappa shape index (κ3) is 3.76. The number of carbonyl (C=O) groups excluding carboxylic acids is 1. The second-order valence-corrected chi connectivity index (χ2v) is 7.40. The van der Waals surface area contributed by atoms with Crippen LogP contribution in [0, 0.1) is 11.8 Å². The molecular formula is C15H19N5O2S. The molecule has 1 N–H and O–H groups in total. The number of thiazole rings is 1. The predicted octanol–water partition coefficient (Wildman–Crippen LogP) is 1.98. The maximum absolute atomic E-state index is 12.2. The number of rotatable bonds is 6. The van der Waals surface area contributed by atoms with Gasteiger partial charge in [0.25, 0.3) is 5.91 Å². The molecule has 2 aromatic heterocycles. The van der Waals surface area contributed by atoms with Gasteiger partial charge in [0, 0.05) is 30.8 Å². The second kappa shape index (κ2) is 6.37. The molecule has 1 saturated carbocycles. The molecule has 0 aromatic carbocycles. The molecule has 0 radical (unpaired) electrons. The summed E-state index contributed by atoms with van der Waals surface area (Å²) >= 11 is 1.52. The van der Waals surface area contributed by atoms with Crippen LogP contribution in [0.1, 0.15) is 34.6 Å². The van der Waals surface area contributed by atoms with E-state index in [2.05, 4.69) is 20.6 Å². The highest BCUT2D eigenvalue weighted by atomic mass is 32.1. The summed E-state index contributed by atoms with van der Waals surface area (Å²) < 4.78 is 7.14. The average Bonchev–Trinajstić information content (AvgIpc) is 2.98. The van der Waals surface area contributed by atoms with Crippen LogP contribution in [0.3, 0.4) is 0 Å². The summed E-state index contributed by atoms with van der Waals surface area (Å²) in [5.41, 5.74) is 0.339. The van der Waals surface area contributed by atoms with Crippen molar-refractivity contribution >= 4 is 22.4 Å². The maximum atomic E-state index is 12.2. The van der Waals surface area contributed by atoms with Crippen molar-refractivity contribution < 1.29 is 9.53 Å². The molecule has 3 heterocycles. The zero-order chi connectivity index (χ0) is 15.6. The fraction of sp³-hybridized carbons (Fsp3) is 0.600. The second-order valence-electron chi connectivity index (χ2n) is 6.29. The van der Waals surface area contributed by atoms with Gasteiger partial charge in [0.05, 0.1) is 6.20 Å². The van der Waals surface area contributed by atoms with Crippen LogP contribution < -0.4 is 5.32 Å². The fourth-order valence-corrected chi connectivity index (χ4v) is 3.63. The number of carbonyl (C=O) groups is 1. The molecule has 1 amide bonds. The van der Waals surface area contributed by atoms with E-state index in [0.717, 1.165) is 32.6 Å². The van der Waals surface area contributed by atoms with Gasteiger partial charge in [-0.3, -0.25) is 14.8 Å². The number of amides is 1. The first-order valence-electron chi connectivity index (χ1n) is 8.00. The molecular weight excluding hydrogens is 314 g/mol. The van der Waals surface area contributed by atoms with E-state index >= 15 is 0 Å². The van der Waals surface area contributed by atoms with Crippen molar-refractivity contribution in [3.8, 4) is 0 Å². The Morgan fingerprint density at radius 1 is 1.39 bits per heavy atom. The number of ether oxygens (including phenoxy) is 1. The predicted molar refractivity (Wildman–Crippen MR) is 85.4 cm³/mol. The van der Waals surface area contributed by atoms with Gasteiger partial charge in [-0.05, 0) is 37.5 Å². The highest BCUT2D eigenvalue weighted by molar-refractivity contribution is 7.15. The lowest BCUT2D eigenvalue weighted by Crippen LogP contribution is -2.12. The van der Waals surface area contributed by atoms with E-state index in [0.29, 0.717) is 22.7 Å². The summed E-state index contributed by atoms with van der Waals surface area (Å²) in [5.74, 6) is 1.02. The maximum Gasteiger partial charge on any atom is 0.279 e. The van der Waals surface area contributed by atoms with Gasteiger partial charge in [-0.1, -0.05) is 5.21 Å². The molecule has 122 valence electrons. The van der Waals surface area contributed by atoms with Gasteiger partial charge in [-0.2, -0.15) is 0 Å². The molecule has 2 aromatic rings. The van der Waals surface area contributed by atoms with Crippen molar-refractivity contribution in [2.75, 3.05) is 18.5 Å². The minimum absolute atomic E-state index is 0.253. The molecule has 2 fully saturated rings. The van der Waals surface area contributed by atoms with Gasteiger partial charge in [-0.25, -0.2) is 4.98 Å². The largest absolute Gasteiger partial charge is 0.381 e. The van der Waals surface area contributed by atoms with Crippen LogP contribution in [0.4, 0.5) is 5.13 Å². The number of anilines is 1. The summed E-state index contributed by atoms with van der Waals surface area (Å²) in [5, 5.41) is 11.4. The van der Waals surface area contributed by atoms with E-state index in [1.807, 2.05) is 6.20 Å². The van der Waals surface area contributed by atoms with Gasteiger partial charge in [-0.15, -0.1) is 16.4 Å². The molecule has 4 rings (SSSR count). The molecule has 2 aliphatic rings. The third-order valence-corrected chi connectivity index (χ3v) is 5.14. The van der Waals surface area contributed by atoms with E-state index in [1.165, 1.54) is 29.1 Å². The summed E-state index contributed by atoms with van der Waals surface area (Å²) in [7, 11) is 0. The molecule has 1 aliphatic carbocycles. The topological polar surface area (TPSA) is 81.9 Å². The van der Waals surface area contributed by atoms with Crippen LogP contribution in [0.5, 0.6) is 0 Å². The number of aromatic nitrogens is 4. The molecule has 1 unspecified atom stereocenters. The van der Waals surface area contributed by atoms with Gasteiger partial charge in [0.2, 0.25) is 0 Å². The first-order valence-corrected chi connectivity index (χ1v) is 8.82. The SMILES string of the molecule is O=C(Nc1ncc(CC2CCOC2)s1)c1cn(CC2CC2)nn1. The van der Waals surface area contributed by atoms with Crippen LogP contribution in [0.2, 0.25) is 0 Å². The number of nitrogens with zero attached hydrogens (tertiary/aromatic N) is 4. The highest BCUT2D eigenvalue weighted by Crippen LogP contribution is 2.30. The van der Waals surface area contributed by atoms with Crippen molar-refractivity contribution in [1.29, 1.82) is 0 Å². The first-order chi connectivity index (χ1) is 11.3. The monoisotopic (exact) mass is 333 g/mol. The molecule has 0 bridgehead atoms. The Labute approximate surface area is 138 Å². The Hall–Kier alpha value is -1.80. The van der Waals surface area contributed by atoms with Gasteiger partial charge in [0.1, 0.15) is 0 Å². The van der Waals surface area contributed by atoms with E-state index < -0.39 is 0 Å². The summed E-state index contributed by atoms with van der Waals surface area (Å²) in [4.78, 5) is 17.7. The molecule has 1 saturated heterocycles. The van der Waals surface area contributed by atoms with Gasteiger partial charge >= 0.3 is 0 Å². The molecule has 8 heteroatoms. The van der Waals surface area contributed by atoms with Crippen LogP contribution in [-0.2, 0) is 17.7 Å². The quantitative estimate of drug-likeness (QED) is 0.874. The van der Waals surface area contributed by atoms with E-state index in [4.69, 9.17) is 4.74 Å². The van der Waals surface area contributed by atoms with E-state index in [9.17, 15) is 4.79 Å². The zero-order valence-corrected chi connectivity index (χ0v) is 13.6. The summed E-state index contributed by atoms with van der Waals surface area (Å²) in [6.45, 7) is 2.53. The minimum Gasteiger partial charge on any atom is -0.381 e. The highest BCUT2D eigenvalue weighted by Gasteiger charge is 2.23. The normalized spacial score (nSPS) is 20.8. The lowest BCUT2D eigenvalue weighted by molar-refractivity contribution is 0.102. The van der Waals surface area contributed by atoms with Crippen molar-refractivity contribution in [2.45, 2.75) is 32.2 Å². The van der Waals surface area contributed by atoms with Crippen molar-refractivity contribution in [3.05, 3.63) is 23.0 Å².